The Balaban J connectivity index is 1.83. The highest BCUT2D eigenvalue weighted by atomic mass is 35.5. The van der Waals surface area contributed by atoms with Crippen LogP contribution in [0.15, 0.2) is 23.8 Å². The summed E-state index contributed by atoms with van der Waals surface area (Å²) in [4.78, 5) is 6.80. The second kappa shape index (κ2) is 7.09. The van der Waals surface area contributed by atoms with Crippen molar-refractivity contribution in [2.75, 3.05) is 25.0 Å². The van der Waals surface area contributed by atoms with Crippen LogP contribution in [0.2, 0.25) is 5.15 Å². The summed E-state index contributed by atoms with van der Waals surface area (Å²) in [6, 6.07) is 4.42. The number of pyridine rings is 1. The third-order valence-electron chi connectivity index (χ3n) is 3.76. The van der Waals surface area contributed by atoms with E-state index in [2.05, 4.69) is 35.1 Å². The maximum Gasteiger partial charge on any atom is 0.129 e. The van der Waals surface area contributed by atoms with Gasteiger partial charge in [-0.1, -0.05) is 23.3 Å². The fourth-order valence-electron chi connectivity index (χ4n) is 2.47. The van der Waals surface area contributed by atoms with E-state index in [1.807, 2.05) is 19.1 Å². The van der Waals surface area contributed by atoms with Crippen molar-refractivity contribution in [1.29, 1.82) is 0 Å². The van der Waals surface area contributed by atoms with Crippen molar-refractivity contribution in [3.63, 3.8) is 0 Å². The minimum atomic E-state index is 0.541. The monoisotopic (exact) mass is 293 g/mol. The van der Waals surface area contributed by atoms with Gasteiger partial charge in [0.05, 0.1) is 11.4 Å². The molecule has 0 saturated carbocycles. The fraction of sp³-hybridized carbons (Fsp3) is 0.562. The summed E-state index contributed by atoms with van der Waals surface area (Å²) in [5.74, 6) is 0. The first-order chi connectivity index (χ1) is 9.54. The number of anilines is 1. The van der Waals surface area contributed by atoms with Crippen molar-refractivity contribution >= 4 is 17.3 Å². The van der Waals surface area contributed by atoms with Crippen LogP contribution in [0.4, 0.5) is 5.69 Å². The highest BCUT2D eigenvalue weighted by Gasteiger charge is 2.18. The van der Waals surface area contributed by atoms with E-state index in [1.165, 1.54) is 18.4 Å². The molecule has 3 nitrogen and oxygen atoms in total. The summed E-state index contributed by atoms with van der Waals surface area (Å²) < 4.78 is 0. The molecule has 0 atom stereocenters. The van der Waals surface area contributed by atoms with E-state index >= 15 is 0 Å². The molecule has 1 fully saturated rings. The number of rotatable bonds is 4. The van der Waals surface area contributed by atoms with Crippen LogP contribution < -0.4 is 5.32 Å². The Labute approximate surface area is 127 Å². The molecule has 0 aromatic carbocycles. The first-order valence-corrected chi connectivity index (χ1v) is 7.68. The Morgan fingerprint density at radius 3 is 2.70 bits per heavy atom. The molecule has 110 valence electrons. The molecule has 1 N–H and O–H groups in total. The number of nitrogens with zero attached hydrogens (tertiary/aromatic N) is 2. The summed E-state index contributed by atoms with van der Waals surface area (Å²) >= 11 is 5.89. The largest absolute Gasteiger partial charge is 0.381 e. The second-order valence-electron chi connectivity index (χ2n) is 5.77. The second-order valence-corrected chi connectivity index (χ2v) is 6.15. The van der Waals surface area contributed by atoms with E-state index in [9.17, 15) is 0 Å². The lowest BCUT2D eigenvalue weighted by molar-refractivity contribution is 0.240. The van der Waals surface area contributed by atoms with Gasteiger partial charge in [0, 0.05) is 25.7 Å². The SMILES string of the molecule is CC(C)=CCN1CCC(Nc2ccc(Cl)nc2C)CC1. The molecule has 1 aliphatic rings. The van der Waals surface area contributed by atoms with Crippen LogP contribution in [0.5, 0.6) is 0 Å². The first-order valence-electron chi connectivity index (χ1n) is 7.30. The molecule has 1 aliphatic heterocycles. The smallest absolute Gasteiger partial charge is 0.129 e. The predicted octanol–water partition coefficient (Wildman–Crippen LogP) is 3.89. The van der Waals surface area contributed by atoms with Crippen molar-refractivity contribution in [3.8, 4) is 0 Å². The van der Waals surface area contributed by atoms with Crippen molar-refractivity contribution in [2.24, 2.45) is 0 Å². The molecule has 1 aromatic heterocycles. The van der Waals surface area contributed by atoms with Crippen LogP contribution in [0.3, 0.4) is 0 Å². The molecule has 0 amide bonds. The van der Waals surface area contributed by atoms with Crippen molar-refractivity contribution in [1.82, 2.24) is 9.88 Å². The van der Waals surface area contributed by atoms with E-state index in [0.29, 0.717) is 11.2 Å². The van der Waals surface area contributed by atoms with Crippen LogP contribution in [0.1, 0.15) is 32.4 Å². The van der Waals surface area contributed by atoms with Crippen LogP contribution in [-0.2, 0) is 0 Å². The molecule has 0 aliphatic carbocycles. The number of piperidine rings is 1. The minimum absolute atomic E-state index is 0.541. The van der Waals surface area contributed by atoms with Gasteiger partial charge in [0.25, 0.3) is 0 Å². The summed E-state index contributed by atoms with van der Waals surface area (Å²) in [6.07, 6.45) is 4.67. The molecular formula is C16H24ClN3. The standard InChI is InChI=1S/C16H24ClN3/c1-12(2)6-9-20-10-7-14(8-11-20)19-15-4-5-16(17)18-13(15)3/h4-6,14,19H,7-11H2,1-3H3. The Bertz CT molecular complexity index is 473. The lowest BCUT2D eigenvalue weighted by Crippen LogP contribution is -2.39. The number of nitrogens with one attached hydrogen (secondary N) is 1. The van der Waals surface area contributed by atoms with Crippen LogP contribution in [0, 0.1) is 6.92 Å². The van der Waals surface area contributed by atoms with Crippen molar-refractivity contribution in [3.05, 3.63) is 34.6 Å². The van der Waals surface area contributed by atoms with E-state index in [-0.39, 0.29) is 0 Å². The summed E-state index contributed by atoms with van der Waals surface area (Å²) in [5, 5.41) is 4.16. The Morgan fingerprint density at radius 2 is 2.10 bits per heavy atom. The summed E-state index contributed by atoms with van der Waals surface area (Å²) in [7, 11) is 0. The van der Waals surface area contributed by atoms with E-state index in [4.69, 9.17) is 11.6 Å². The van der Waals surface area contributed by atoms with Gasteiger partial charge in [-0.2, -0.15) is 0 Å². The lowest BCUT2D eigenvalue weighted by atomic mass is 10.0. The van der Waals surface area contributed by atoms with Gasteiger partial charge in [-0.15, -0.1) is 0 Å². The third kappa shape index (κ3) is 4.50. The maximum atomic E-state index is 5.89. The van der Waals surface area contributed by atoms with Crippen molar-refractivity contribution in [2.45, 2.75) is 39.7 Å². The van der Waals surface area contributed by atoms with E-state index in [0.717, 1.165) is 31.0 Å². The number of aryl methyl sites for hydroxylation is 1. The van der Waals surface area contributed by atoms with Gasteiger partial charge >= 0.3 is 0 Å². The Morgan fingerprint density at radius 1 is 1.40 bits per heavy atom. The van der Waals surface area contributed by atoms with Crippen LogP contribution >= 0.6 is 11.6 Å². The molecular weight excluding hydrogens is 270 g/mol. The molecule has 20 heavy (non-hydrogen) atoms. The van der Waals surface area contributed by atoms with Crippen LogP contribution in [0.25, 0.3) is 0 Å². The van der Waals surface area contributed by atoms with Crippen LogP contribution in [-0.4, -0.2) is 35.6 Å². The molecule has 0 spiro atoms. The Hall–Kier alpha value is -1.06. The predicted molar refractivity (Wildman–Crippen MR) is 86.5 cm³/mol. The van der Waals surface area contributed by atoms with Gasteiger partial charge in [-0.25, -0.2) is 4.98 Å². The number of allylic oxidation sites excluding steroid dienone is 1. The molecule has 2 heterocycles. The molecule has 0 bridgehead atoms. The Kier molecular flexibility index (Phi) is 5.44. The van der Waals surface area contributed by atoms with Gasteiger partial charge < -0.3 is 5.32 Å². The van der Waals surface area contributed by atoms with Gasteiger partial charge in [0.2, 0.25) is 0 Å². The molecule has 4 heteroatoms. The average Bonchev–Trinajstić information content (AvgIpc) is 2.41. The van der Waals surface area contributed by atoms with E-state index < -0.39 is 0 Å². The van der Waals surface area contributed by atoms with Gasteiger partial charge in [0.15, 0.2) is 0 Å². The normalized spacial score (nSPS) is 17.0. The van der Waals surface area contributed by atoms with Crippen molar-refractivity contribution < 1.29 is 0 Å². The first kappa shape index (κ1) is 15.3. The van der Waals surface area contributed by atoms with Gasteiger partial charge in [0.1, 0.15) is 5.15 Å². The van der Waals surface area contributed by atoms with Gasteiger partial charge in [-0.3, -0.25) is 4.90 Å². The molecule has 1 aromatic rings. The summed E-state index contributed by atoms with van der Waals surface area (Å²) in [6.45, 7) is 9.70. The average molecular weight is 294 g/mol. The number of halogens is 1. The number of hydrogen-bond donors (Lipinski definition) is 1. The van der Waals surface area contributed by atoms with Gasteiger partial charge in [-0.05, 0) is 45.7 Å². The zero-order chi connectivity index (χ0) is 14.5. The lowest BCUT2D eigenvalue weighted by Gasteiger charge is -2.32. The number of hydrogen-bond acceptors (Lipinski definition) is 3. The third-order valence-corrected chi connectivity index (χ3v) is 3.97. The zero-order valence-electron chi connectivity index (χ0n) is 12.6. The molecule has 0 radical (unpaired) electrons. The molecule has 1 saturated heterocycles. The molecule has 2 rings (SSSR count). The molecule has 0 unspecified atom stereocenters. The minimum Gasteiger partial charge on any atom is -0.381 e. The zero-order valence-corrected chi connectivity index (χ0v) is 13.4. The number of likely N-dealkylation sites (tertiary alicyclic amines) is 1. The highest BCUT2D eigenvalue weighted by molar-refractivity contribution is 6.29. The quantitative estimate of drug-likeness (QED) is 0.674. The fourth-order valence-corrected chi connectivity index (χ4v) is 2.66. The summed E-state index contributed by atoms with van der Waals surface area (Å²) in [5.41, 5.74) is 3.48. The number of aromatic nitrogens is 1. The highest BCUT2D eigenvalue weighted by Crippen LogP contribution is 2.20. The maximum absolute atomic E-state index is 5.89. The van der Waals surface area contributed by atoms with E-state index in [1.54, 1.807) is 0 Å². The topological polar surface area (TPSA) is 28.2 Å².